The lowest BCUT2D eigenvalue weighted by Gasteiger charge is -2.72. The Morgan fingerprint density at radius 3 is 2.15 bits per heavy atom. The average molecular weight is 861 g/mol. The number of Topliss-reactive ketones (excluding diaryl/α,β-unsaturated/α-hetero) is 1. The van der Waals surface area contributed by atoms with E-state index in [1.54, 1.807) is 24.3 Å². The van der Waals surface area contributed by atoms with Crippen molar-refractivity contribution in [2.45, 2.75) is 145 Å². The molecule has 5 saturated carbocycles. The van der Waals surface area contributed by atoms with Crippen molar-refractivity contribution < 1.29 is 33.8 Å². The van der Waals surface area contributed by atoms with E-state index in [2.05, 4.69) is 64.4 Å². The van der Waals surface area contributed by atoms with Crippen molar-refractivity contribution in [2.24, 2.45) is 68.0 Å². The third kappa shape index (κ3) is 6.75. The van der Waals surface area contributed by atoms with Gasteiger partial charge in [0.2, 0.25) is 5.91 Å². The summed E-state index contributed by atoms with van der Waals surface area (Å²) < 4.78 is 6.43. The van der Waals surface area contributed by atoms with Gasteiger partial charge in [0, 0.05) is 53.9 Å². The van der Waals surface area contributed by atoms with Crippen LogP contribution >= 0.6 is 11.6 Å². The summed E-state index contributed by atoms with van der Waals surface area (Å²) in [6.07, 6.45) is 8.47. The number of halogens is 1. The predicted octanol–water partition coefficient (Wildman–Crippen LogP) is 8.56. The number of nitrogens with one attached hydrogen (secondary N) is 3. The number of esters is 1. The van der Waals surface area contributed by atoms with Crippen LogP contribution in [0.1, 0.15) is 143 Å². The number of hydrogen-bond acceptors (Lipinski definition) is 7. The number of allylic oxidation sites excluding steroid dienone is 2. The first-order chi connectivity index (χ1) is 28.4. The molecular formula is C50H70ClN3O7. The van der Waals surface area contributed by atoms with E-state index in [4.69, 9.17) is 16.3 Å². The lowest BCUT2D eigenvalue weighted by atomic mass is 9.33. The number of ether oxygens (including phenoxy) is 1. The van der Waals surface area contributed by atoms with Gasteiger partial charge in [-0.1, -0.05) is 79.5 Å². The Kier molecular flexibility index (Phi) is 10.9. The van der Waals surface area contributed by atoms with Crippen LogP contribution in [0.5, 0.6) is 0 Å². The molecule has 0 aromatic heterocycles. The molecule has 0 spiro atoms. The molecular weight excluding hydrogens is 790 g/mol. The number of carbonyl (C=O) groups is 5. The number of ketones is 1. The Morgan fingerprint density at radius 2 is 1.54 bits per heavy atom. The fourth-order valence-electron chi connectivity index (χ4n) is 15.4. The van der Waals surface area contributed by atoms with Gasteiger partial charge in [0.05, 0.1) is 17.4 Å². The van der Waals surface area contributed by atoms with Crippen LogP contribution in [0.15, 0.2) is 35.4 Å². The first-order valence-electron chi connectivity index (χ1n) is 23.2. The van der Waals surface area contributed by atoms with E-state index in [1.165, 1.54) is 5.57 Å². The Morgan fingerprint density at radius 1 is 0.852 bits per heavy atom. The third-order valence-corrected chi connectivity index (χ3v) is 19.4. The molecule has 0 unspecified atom stereocenters. The second-order valence-corrected chi connectivity index (χ2v) is 23.5. The normalized spacial score (nSPS) is 39.0. The number of carbonyl (C=O) groups excluding carboxylic acids is 4. The largest absolute Gasteiger partial charge is 0.481 e. The Labute approximate surface area is 367 Å². The summed E-state index contributed by atoms with van der Waals surface area (Å²) in [5.41, 5.74) is 0.779. The standard InChI is InChI=1S/C50H70ClN3O7/c1-28(2)39-34(55)23-49(24-38(56)54-50(25-52-26-50)27-53-41(57)29-10-12-30(51)13-11-29)21-20-47(8)31(40(39)49)14-15-36-46(7)18-17-37(45(5,6)35(46)16-19-48(36,47)9)61-43(60)33-22-32(42(58)59)44(33,3)4/h10-13,28,31-33,35-37,52H,14-27H2,1-9H3,(H,53,57)(H,54,56)(H,58,59)/t31-,32+,33-,35+,36-,37+,46+,47-,48-,49+/m1/s1. The molecule has 334 valence electrons. The molecule has 0 radical (unpaired) electrons. The van der Waals surface area contributed by atoms with Crippen molar-refractivity contribution in [3.8, 4) is 0 Å². The first kappa shape index (κ1) is 44.4. The quantitative estimate of drug-likeness (QED) is 0.171. The van der Waals surface area contributed by atoms with Gasteiger partial charge in [-0.3, -0.25) is 24.0 Å². The molecule has 1 aromatic carbocycles. The molecule has 8 rings (SSSR count). The van der Waals surface area contributed by atoms with Gasteiger partial charge in [-0.05, 0) is 133 Å². The molecule has 2 amide bonds. The second kappa shape index (κ2) is 14.9. The maximum absolute atomic E-state index is 14.4. The highest BCUT2D eigenvalue weighted by atomic mass is 35.5. The fourth-order valence-corrected chi connectivity index (χ4v) is 15.5. The van der Waals surface area contributed by atoms with Gasteiger partial charge in [0.25, 0.3) is 5.91 Å². The highest BCUT2D eigenvalue weighted by molar-refractivity contribution is 6.30. The Hall–Kier alpha value is -3.24. The van der Waals surface area contributed by atoms with E-state index in [9.17, 15) is 29.1 Å². The van der Waals surface area contributed by atoms with Crippen LogP contribution in [-0.2, 0) is 23.9 Å². The van der Waals surface area contributed by atoms with Crippen LogP contribution in [0.2, 0.25) is 5.02 Å². The van der Waals surface area contributed by atoms with E-state index >= 15 is 0 Å². The number of rotatable bonds is 10. The minimum Gasteiger partial charge on any atom is -0.481 e. The van der Waals surface area contributed by atoms with Gasteiger partial charge < -0.3 is 25.8 Å². The summed E-state index contributed by atoms with van der Waals surface area (Å²) >= 11 is 6.04. The SMILES string of the molecule is CC(C)C1=C2[C@H]3CC[C@@H]4[C@@]5(C)CC[C@H](OC(=O)[C@H]6C[C@@H](C(=O)O)C6(C)C)C(C)(C)[C@@H]5CC[C@@]4(C)[C@]3(C)CC[C@@]2(CC(=O)NC2(CNC(=O)c3ccc(Cl)cc3)CNC2)CC1=O. The van der Waals surface area contributed by atoms with Crippen LogP contribution in [0.4, 0.5) is 0 Å². The summed E-state index contributed by atoms with van der Waals surface area (Å²) in [5.74, 6) is -0.970. The molecule has 4 N–H and O–H groups in total. The first-order valence-corrected chi connectivity index (χ1v) is 23.6. The number of aliphatic carboxylic acids is 1. The van der Waals surface area contributed by atoms with E-state index in [0.717, 1.165) is 56.9 Å². The molecule has 1 heterocycles. The summed E-state index contributed by atoms with van der Waals surface area (Å²) in [5, 5.41) is 19.9. The number of carboxylic acids is 1. The molecule has 1 aliphatic heterocycles. The van der Waals surface area contributed by atoms with Crippen LogP contribution in [0.25, 0.3) is 0 Å². The van der Waals surface area contributed by atoms with Crippen LogP contribution < -0.4 is 16.0 Å². The average Bonchev–Trinajstić information content (AvgIpc) is 3.45. The molecule has 0 bridgehead atoms. The summed E-state index contributed by atoms with van der Waals surface area (Å²) in [6.45, 7) is 21.7. The molecule has 6 fully saturated rings. The van der Waals surface area contributed by atoms with Crippen molar-refractivity contribution in [1.82, 2.24) is 16.0 Å². The van der Waals surface area contributed by atoms with Gasteiger partial charge in [0.15, 0.2) is 5.78 Å². The molecule has 11 heteroatoms. The van der Waals surface area contributed by atoms with E-state index in [-0.39, 0.29) is 69.6 Å². The molecule has 1 aromatic rings. The summed E-state index contributed by atoms with van der Waals surface area (Å²) in [6, 6.07) is 6.77. The molecule has 6 aliphatic carbocycles. The lowest BCUT2D eigenvalue weighted by molar-refractivity contribution is -0.236. The molecule has 7 aliphatic rings. The van der Waals surface area contributed by atoms with Crippen molar-refractivity contribution in [1.29, 1.82) is 0 Å². The number of amides is 2. The van der Waals surface area contributed by atoms with Crippen LogP contribution in [0.3, 0.4) is 0 Å². The third-order valence-electron chi connectivity index (χ3n) is 19.1. The van der Waals surface area contributed by atoms with Crippen molar-refractivity contribution >= 4 is 41.1 Å². The fraction of sp³-hybridized carbons (Fsp3) is 0.740. The molecule has 1 saturated heterocycles. The molecule has 61 heavy (non-hydrogen) atoms. The van der Waals surface area contributed by atoms with E-state index < -0.39 is 34.2 Å². The van der Waals surface area contributed by atoms with Gasteiger partial charge in [-0.15, -0.1) is 0 Å². The minimum absolute atomic E-state index is 0.0155. The number of fused-ring (bicyclic) bond motifs is 7. The maximum atomic E-state index is 14.4. The summed E-state index contributed by atoms with van der Waals surface area (Å²) in [7, 11) is 0. The van der Waals surface area contributed by atoms with Crippen LogP contribution in [-0.4, -0.2) is 65.9 Å². The van der Waals surface area contributed by atoms with Crippen LogP contribution in [0, 0.1) is 68.0 Å². The minimum atomic E-state index is -0.841. The Balaban J connectivity index is 1.00. The smallest absolute Gasteiger partial charge is 0.309 e. The predicted molar refractivity (Wildman–Crippen MR) is 234 cm³/mol. The molecule has 10 atom stereocenters. The number of benzene rings is 1. The highest BCUT2D eigenvalue weighted by Gasteiger charge is 2.70. The zero-order valence-corrected chi connectivity index (χ0v) is 38.8. The van der Waals surface area contributed by atoms with Crippen molar-refractivity contribution in [3.63, 3.8) is 0 Å². The lowest BCUT2D eigenvalue weighted by Crippen LogP contribution is -2.73. The number of hydrogen-bond donors (Lipinski definition) is 4. The summed E-state index contributed by atoms with van der Waals surface area (Å²) in [4.78, 5) is 67.1. The van der Waals surface area contributed by atoms with Crippen molar-refractivity contribution in [2.75, 3.05) is 19.6 Å². The topological polar surface area (TPSA) is 151 Å². The second-order valence-electron chi connectivity index (χ2n) is 23.1. The van der Waals surface area contributed by atoms with E-state index in [0.29, 0.717) is 54.9 Å². The highest BCUT2D eigenvalue weighted by Crippen LogP contribution is 2.77. The monoisotopic (exact) mass is 859 g/mol. The van der Waals surface area contributed by atoms with Crippen molar-refractivity contribution in [3.05, 3.63) is 46.0 Å². The molecule has 10 nitrogen and oxygen atoms in total. The zero-order valence-electron chi connectivity index (χ0n) is 38.0. The van der Waals surface area contributed by atoms with E-state index in [1.807, 2.05) is 13.8 Å². The van der Waals surface area contributed by atoms with Gasteiger partial charge in [-0.2, -0.15) is 0 Å². The maximum Gasteiger partial charge on any atom is 0.309 e. The van der Waals surface area contributed by atoms with Gasteiger partial charge in [0.1, 0.15) is 6.10 Å². The Bertz CT molecular complexity index is 2040. The van der Waals surface area contributed by atoms with Gasteiger partial charge in [-0.25, -0.2) is 0 Å². The van der Waals surface area contributed by atoms with Gasteiger partial charge >= 0.3 is 11.9 Å². The zero-order chi connectivity index (χ0) is 44.3. The number of carboxylic acid groups (broad SMARTS) is 1.